The molecule has 0 bridgehead atoms. The lowest BCUT2D eigenvalue weighted by molar-refractivity contribution is -0.120. The minimum atomic E-state index is -0.00957. The largest absolute Gasteiger partial charge is 0.350 e. The van der Waals surface area contributed by atoms with Crippen molar-refractivity contribution in [2.75, 3.05) is 12.3 Å². The van der Waals surface area contributed by atoms with E-state index in [2.05, 4.69) is 33.7 Å². The topological polar surface area (TPSA) is 71.8 Å². The van der Waals surface area contributed by atoms with Crippen molar-refractivity contribution in [3.05, 3.63) is 28.5 Å². The maximum atomic E-state index is 12.1. The zero-order valence-electron chi connectivity index (χ0n) is 13.2. The van der Waals surface area contributed by atoms with Crippen LogP contribution in [-0.2, 0) is 30.8 Å². The predicted molar refractivity (Wildman–Crippen MR) is 92.6 cm³/mol. The SMILES string of the molecule is CCSc1nc(CC(=O)NCc2cc3n(n2)CCCNC3)cs1. The third-order valence-electron chi connectivity index (χ3n) is 3.55. The van der Waals surface area contributed by atoms with Gasteiger partial charge in [0.15, 0.2) is 0 Å². The Bertz CT molecular complexity index is 643. The van der Waals surface area contributed by atoms with Crippen LogP contribution in [0.25, 0.3) is 0 Å². The first-order chi connectivity index (χ1) is 11.2. The molecule has 23 heavy (non-hydrogen) atoms. The van der Waals surface area contributed by atoms with Crippen LogP contribution in [0.3, 0.4) is 0 Å². The number of rotatable bonds is 6. The molecular weight excluding hydrogens is 330 g/mol. The van der Waals surface area contributed by atoms with E-state index in [9.17, 15) is 4.79 Å². The third-order valence-corrected chi connectivity index (χ3v) is 5.50. The Morgan fingerprint density at radius 2 is 2.43 bits per heavy atom. The Labute approximate surface area is 144 Å². The fourth-order valence-corrected chi connectivity index (χ4v) is 4.22. The van der Waals surface area contributed by atoms with Crippen molar-refractivity contribution in [2.45, 2.75) is 43.7 Å². The molecule has 1 aliphatic heterocycles. The van der Waals surface area contributed by atoms with Gasteiger partial charge in [-0.3, -0.25) is 9.48 Å². The maximum absolute atomic E-state index is 12.1. The summed E-state index contributed by atoms with van der Waals surface area (Å²) in [6.45, 7) is 5.38. The summed E-state index contributed by atoms with van der Waals surface area (Å²) in [7, 11) is 0. The van der Waals surface area contributed by atoms with Gasteiger partial charge < -0.3 is 10.6 Å². The number of fused-ring (bicyclic) bond motifs is 1. The van der Waals surface area contributed by atoms with Crippen LogP contribution in [0.1, 0.15) is 30.4 Å². The first-order valence-electron chi connectivity index (χ1n) is 7.85. The van der Waals surface area contributed by atoms with E-state index in [-0.39, 0.29) is 5.91 Å². The first-order valence-corrected chi connectivity index (χ1v) is 9.71. The first kappa shape index (κ1) is 16.5. The van der Waals surface area contributed by atoms with Gasteiger partial charge in [0.05, 0.1) is 30.0 Å². The van der Waals surface area contributed by atoms with Gasteiger partial charge in [0.1, 0.15) is 4.34 Å². The Balaban J connectivity index is 1.50. The standard InChI is InChI=1S/C15H21N5OS2/c1-2-22-15-18-12(10-23-15)7-14(21)17-8-11-6-13-9-16-4-3-5-20(13)19-11/h6,10,16H,2-5,7-9H2,1H3,(H,17,21). The van der Waals surface area contributed by atoms with Crippen molar-refractivity contribution in [1.82, 2.24) is 25.4 Å². The van der Waals surface area contributed by atoms with Gasteiger partial charge in [-0.1, -0.05) is 18.7 Å². The summed E-state index contributed by atoms with van der Waals surface area (Å²) in [4.78, 5) is 16.5. The summed E-state index contributed by atoms with van der Waals surface area (Å²) in [5.41, 5.74) is 2.94. The lowest BCUT2D eigenvalue weighted by atomic mass is 10.3. The van der Waals surface area contributed by atoms with Crippen LogP contribution in [0.15, 0.2) is 15.8 Å². The highest BCUT2D eigenvalue weighted by molar-refractivity contribution is 8.00. The molecule has 0 radical (unpaired) electrons. The number of carbonyl (C=O) groups excluding carboxylic acids is 1. The van der Waals surface area contributed by atoms with Crippen molar-refractivity contribution < 1.29 is 4.79 Å². The van der Waals surface area contributed by atoms with Gasteiger partial charge in [0, 0.05) is 18.5 Å². The summed E-state index contributed by atoms with van der Waals surface area (Å²) >= 11 is 3.31. The fourth-order valence-electron chi connectivity index (χ4n) is 2.48. The van der Waals surface area contributed by atoms with E-state index in [1.807, 2.05) is 10.1 Å². The number of hydrogen-bond acceptors (Lipinski definition) is 6. The molecule has 1 amide bonds. The van der Waals surface area contributed by atoms with Crippen molar-refractivity contribution in [3.63, 3.8) is 0 Å². The molecule has 3 heterocycles. The van der Waals surface area contributed by atoms with Gasteiger partial charge in [0.25, 0.3) is 0 Å². The minimum Gasteiger partial charge on any atom is -0.350 e. The number of nitrogens with one attached hydrogen (secondary N) is 2. The second kappa shape index (κ2) is 7.94. The predicted octanol–water partition coefficient (Wildman–Crippen LogP) is 1.80. The number of thioether (sulfide) groups is 1. The molecule has 2 N–H and O–H groups in total. The van der Waals surface area contributed by atoms with Crippen LogP contribution in [0.4, 0.5) is 0 Å². The zero-order valence-corrected chi connectivity index (χ0v) is 14.8. The molecule has 2 aromatic heterocycles. The van der Waals surface area contributed by atoms with Crippen LogP contribution >= 0.6 is 23.1 Å². The molecule has 0 atom stereocenters. The van der Waals surface area contributed by atoms with Crippen molar-refractivity contribution >= 4 is 29.0 Å². The minimum absolute atomic E-state index is 0.00957. The number of aryl methyl sites for hydroxylation is 1. The van der Waals surface area contributed by atoms with Crippen molar-refractivity contribution in [3.8, 4) is 0 Å². The monoisotopic (exact) mass is 351 g/mol. The third kappa shape index (κ3) is 4.55. The number of amides is 1. The average Bonchev–Trinajstić information content (AvgIpc) is 3.07. The molecule has 8 heteroatoms. The lowest BCUT2D eigenvalue weighted by Gasteiger charge is -2.02. The highest BCUT2D eigenvalue weighted by atomic mass is 32.2. The van der Waals surface area contributed by atoms with E-state index < -0.39 is 0 Å². The van der Waals surface area contributed by atoms with E-state index in [0.29, 0.717) is 13.0 Å². The van der Waals surface area contributed by atoms with Crippen LogP contribution in [0.2, 0.25) is 0 Å². The highest BCUT2D eigenvalue weighted by Gasteiger charge is 2.12. The second-order valence-corrected chi connectivity index (χ2v) is 7.74. The Morgan fingerprint density at radius 1 is 1.52 bits per heavy atom. The zero-order chi connectivity index (χ0) is 16.1. The maximum Gasteiger partial charge on any atom is 0.226 e. The van der Waals surface area contributed by atoms with Gasteiger partial charge in [-0.05, 0) is 24.8 Å². The fraction of sp³-hybridized carbons (Fsp3) is 0.533. The molecule has 2 aromatic rings. The number of aromatic nitrogens is 3. The Hall–Kier alpha value is -1.38. The molecule has 0 spiro atoms. The van der Waals surface area contributed by atoms with E-state index in [0.717, 1.165) is 47.5 Å². The summed E-state index contributed by atoms with van der Waals surface area (Å²) < 4.78 is 3.07. The molecule has 0 saturated heterocycles. The van der Waals surface area contributed by atoms with Gasteiger partial charge in [-0.15, -0.1) is 11.3 Å². The highest BCUT2D eigenvalue weighted by Crippen LogP contribution is 2.22. The lowest BCUT2D eigenvalue weighted by Crippen LogP contribution is -2.25. The van der Waals surface area contributed by atoms with E-state index in [1.165, 1.54) is 5.69 Å². The molecule has 124 valence electrons. The number of hydrogen-bond donors (Lipinski definition) is 2. The van der Waals surface area contributed by atoms with Crippen molar-refractivity contribution in [1.29, 1.82) is 0 Å². The van der Waals surface area contributed by atoms with E-state index >= 15 is 0 Å². The molecule has 0 saturated carbocycles. The summed E-state index contributed by atoms with van der Waals surface area (Å²) in [5.74, 6) is 0.989. The van der Waals surface area contributed by atoms with Gasteiger partial charge in [-0.2, -0.15) is 5.10 Å². The van der Waals surface area contributed by atoms with Gasteiger partial charge >= 0.3 is 0 Å². The molecule has 0 fully saturated rings. The molecule has 6 nitrogen and oxygen atoms in total. The van der Waals surface area contributed by atoms with Crippen molar-refractivity contribution in [2.24, 2.45) is 0 Å². The van der Waals surface area contributed by atoms with Crippen LogP contribution in [0.5, 0.6) is 0 Å². The Morgan fingerprint density at radius 3 is 3.30 bits per heavy atom. The second-order valence-electron chi connectivity index (χ2n) is 5.37. The quantitative estimate of drug-likeness (QED) is 0.777. The summed E-state index contributed by atoms with van der Waals surface area (Å²) in [6, 6.07) is 2.07. The normalized spacial score (nSPS) is 14.3. The van der Waals surface area contributed by atoms with Crippen LogP contribution in [-0.4, -0.2) is 33.0 Å². The van der Waals surface area contributed by atoms with Gasteiger partial charge in [0.2, 0.25) is 5.91 Å². The van der Waals surface area contributed by atoms with Crippen LogP contribution < -0.4 is 10.6 Å². The summed E-state index contributed by atoms with van der Waals surface area (Å²) in [6.07, 6.45) is 1.41. The molecule has 0 unspecified atom stereocenters. The van der Waals surface area contributed by atoms with Crippen LogP contribution in [0, 0.1) is 0 Å². The van der Waals surface area contributed by atoms with Gasteiger partial charge in [-0.25, -0.2) is 4.98 Å². The smallest absolute Gasteiger partial charge is 0.226 e. The number of nitrogens with zero attached hydrogens (tertiary/aromatic N) is 3. The Kier molecular flexibility index (Phi) is 5.69. The van der Waals surface area contributed by atoms with E-state index in [4.69, 9.17) is 0 Å². The number of thiazole rings is 1. The molecular formula is C15H21N5OS2. The molecule has 0 aliphatic carbocycles. The summed E-state index contributed by atoms with van der Waals surface area (Å²) in [5, 5.41) is 12.8. The van der Waals surface area contributed by atoms with E-state index in [1.54, 1.807) is 23.1 Å². The average molecular weight is 352 g/mol. The molecule has 3 rings (SSSR count). The molecule has 1 aliphatic rings. The molecule has 0 aromatic carbocycles. The number of carbonyl (C=O) groups is 1.